The Bertz CT molecular complexity index is 938. The Morgan fingerprint density at radius 2 is 1.57 bits per heavy atom. The Balaban J connectivity index is 1.31. The number of nitrogens with zero attached hydrogens (tertiary/aromatic N) is 7. The van der Waals surface area contributed by atoms with Gasteiger partial charge in [-0.15, -0.1) is 0 Å². The van der Waals surface area contributed by atoms with Gasteiger partial charge in [-0.3, -0.25) is 19.6 Å². The Morgan fingerprint density at radius 1 is 0.821 bits per heavy atom. The molecule has 1 saturated heterocycles. The van der Waals surface area contributed by atoms with Gasteiger partial charge in [-0.25, -0.2) is 14.6 Å². The molecular formula is C20H23N7O. The van der Waals surface area contributed by atoms with Crippen LogP contribution in [0.3, 0.4) is 0 Å². The molecule has 4 rings (SSSR count). The predicted molar refractivity (Wildman–Crippen MR) is 105 cm³/mol. The van der Waals surface area contributed by atoms with E-state index in [1.165, 1.54) is 0 Å². The summed E-state index contributed by atoms with van der Waals surface area (Å²) in [6, 6.07) is 9.10. The van der Waals surface area contributed by atoms with E-state index in [2.05, 4.69) is 29.9 Å². The lowest BCUT2D eigenvalue weighted by Crippen LogP contribution is -2.47. The molecule has 0 aromatic carbocycles. The molecule has 0 N–H and O–H groups in total. The van der Waals surface area contributed by atoms with E-state index in [9.17, 15) is 4.79 Å². The zero-order valence-corrected chi connectivity index (χ0v) is 15.7. The third kappa shape index (κ3) is 4.65. The van der Waals surface area contributed by atoms with Crippen molar-refractivity contribution in [2.75, 3.05) is 32.7 Å². The van der Waals surface area contributed by atoms with E-state index < -0.39 is 0 Å². The second kappa shape index (κ2) is 8.81. The largest absolute Gasteiger partial charge is 0.299 e. The summed E-state index contributed by atoms with van der Waals surface area (Å²) < 4.78 is 1.56. The maximum Gasteiger partial charge on any atom is 0.266 e. The lowest BCUT2D eigenvalue weighted by molar-refractivity contribution is 0.121. The summed E-state index contributed by atoms with van der Waals surface area (Å²) in [5.41, 5.74) is 2.73. The summed E-state index contributed by atoms with van der Waals surface area (Å²) in [6.07, 6.45) is 6.83. The monoisotopic (exact) mass is 377 g/mol. The van der Waals surface area contributed by atoms with Crippen LogP contribution in [-0.2, 0) is 13.1 Å². The third-order valence-corrected chi connectivity index (χ3v) is 4.96. The van der Waals surface area contributed by atoms with Gasteiger partial charge >= 0.3 is 0 Å². The first-order valence-corrected chi connectivity index (χ1v) is 9.46. The topological polar surface area (TPSA) is 80.0 Å². The minimum atomic E-state index is -0.0693. The Hall–Kier alpha value is -2.97. The second-order valence-corrected chi connectivity index (χ2v) is 6.83. The average Bonchev–Trinajstić information content (AvgIpc) is 2.75. The highest BCUT2D eigenvalue weighted by atomic mass is 16.1. The highest BCUT2D eigenvalue weighted by Gasteiger charge is 2.17. The van der Waals surface area contributed by atoms with Crippen molar-refractivity contribution >= 4 is 0 Å². The minimum Gasteiger partial charge on any atom is -0.299 e. The molecule has 0 radical (unpaired) electrons. The molecule has 0 unspecified atom stereocenters. The van der Waals surface area contributed by atoms with Crippen molar-refractivity contribution in [2.24, 2.45) is 0 Å². The van der Waals surface area contributed by atoms with E-state index in [4.69, 9.17) is 0 Å². The van der Waals surface area contributed by atoms with Gasteiger partial charge in [0, 0.05) is 69.5 Å². The SMILES string of the molecule is O=c1ccc(-c2ccncc2)nn1CCN1CCN(Cc2ccncn2)CC1. The first-order valence-electron chi connectivity index (χ1n) is 9.46. The van der Waals surface area contributed by atoms with Gasteiger partial charge in [0.1, 0.15) is 6.33 Å². The van der Waals surface area contributed by atoms with Gasteiger partial charge < -0.3 is 0 Å². The van der Waals surface area contributed by atoms with Gasteiger partial charge in [0.15, 0.2) is 0 Å². The molecule has 1 aliphatic rings. The molecule has 144 valence electrons. The highest BCUT2D eigenvalue weighted by Crippen LogP contribution is 2.13. The van der Waals surface area contributed by atoms with E-state index in [0.717, 1.165) is 56.2 Å². The number of hydrogen-bond acceptors (Lipinski definition) is 7. The van der Waals surface area contributed by atoms with Gasteiger partial charge in [-0.2, -0.15) is 5.10 Å². The van der Waals surface area contributed by atoms with Gasteiger partial charge in [0.25, 0.3) is 5.56 Å². The summed E-state index contributed by atoms with van der Waals surface area (Å²) in [7, 11) is 0. The number of piperazine rings is 1. The van der Waals surface area contributed by atoms with Crippen LogP contribution in [0, 0.1) is 0 Å². The zero-order valence-electron chi connectivity index (χ0n) is 15.7. The number of aromatic nitrogens is 5. The molecule has 0 amide bonds. The molecule has 28 heavy (non-hydrogen) atoms. The van der Waals surface area contributed by atoms with Crippen molar-refractivity contribution in [2.45, 2.75) is 13.1 Å². The summed E-state index contributed by atoms with van der Waals surface area (Å²) in [4.78, 5) is 29.2. The number of hydrogen-bond donors (Lipinski definition) is 0. The summed E-state index contributed by atoms with van der Waals surface area (Å²) in [6.45, 7) is 6.18. The van der Waals surface area contributed by atoms with E-state index in [1.807, 2.05) is 18.2 Å². The van der Waals surface area contributed by atoms with Crippen LogP contribution in [0.2, 0.25) is 0 Å². The smallest absolute Gasteiger partial charge is 0.266 e. The third-order valence-electron chi connectivity index (χ3n) is 4.96. The van der Waals surface area contributed by atoms with Gasteiger partial charge in [-0.1, -0.05) is 0 Å². The quantitative estimate of drug-likeness (QED) is 0.632. The van der Waals surface area contributed by atoms with Crippen molar-refractivity contribution in [1.82, 2.24) is 34.5 Å². The van der Waals surface area contributed by atoms with Crippen molar-refractivity contribution in [3.63, 3.8) is 0 Å². The predicted octanol–water partition coefficient (Wildman–Crippen LogP) is 0.913. The van der Waals surface area contributed by atoms with E-state index >= 15 is 0 Å². The molecule has 0 spiro atoms. The standard InChI is InChI=1S/C20H23N7O/c28-20-2-1-19(17-3-6-21-7-4-17)24-27(20)14-13-25-9-11-26(12-10-25)15-18-5-8-22-16-23-18/h1-8,16H,9-15H2. The van der Waals surface area contributed by atoms with Crippen LogP contribution in [0.1, 0.15) is 5.69 Å². The molecule has 3 aromatic heterocycles. The van der Waals surface area contributed by atoms with Crippen LogP contribution in [0.15, 0.2) is 60.0 Å². The second-order valence-electron chi connectivity index (χ2n) is 6.83. The first-order chi connectivity index (χ1) is 13.8. The summed E-state index contributed by atoms with van der Waals surface area (Å²) in [5, 5.41) is 4.52. The van der Waals surface area contributed by atoms with Crippen LogP contribution in [0.4, 0.5) is 0 Å². The van der Waals surface area contributed by atoms with Crippen molar-refractivity contribution in [3.05, 3.63) is 71.3 Å². The van der Waals surface area contributed by atoms with Crippen LogP contribution < -0.4 is 5.56 Å². The Morgan fingerprint density at radius 3 is 2.32 bits per heavy atom. The number of pyridine rings is 1. The van der Waals surface area contributed by atoms with Gasteiger partial charge in [0.05, 0.1) is 17.9 Å². The molecule has 0 atom stereocenters. The van der Waals surface area contributed by atoms with Crippen LogP contribution >= 0.6 is 0 Å². The van der Waals surface area contributed by atoms with E-state index in [1.54, 1.807) is 41.7 Å². The molecule has 0 saturated carbocycles. The van der Waals surface area contributed by atoms with Crippen LogP contribution in [0.25, 0.3) is 11.3 Å². The maximum atomic E-state index is 12.2. The summed E-state index contributed by atoms with van der Waals surface area (Å²) in [5.74, 6) is 0. The molecular weight excluding hydrogens is 354 g/mol. The molecule has 0 bridgehead atoms. The van der Waals surface area contributed by atoms with Gasteiger partial charge in [0.2, 0.25) is 0 Å². The fourth-order valence-corrected chi connectivity index (χ4v) is 3.33. The average molecular weight is 377 g/mol. The molecule has 1 fully saturated rings. The molecule has 8 heteroatoms. The maximum absolute atomic E-state index is 12.2. The normalized spacial score (nSPS) is 15.6. The van der Waals surface area contributed by atoms with E-state index in [-0.39, 0.29) is 5.56 Å². The molecule has 0 aliphatic carbocycles. The lowest BCUT2D eigenvalue weighted by atomic mass is 10.2. The summed E-state index contributed by atoms with van der Waals surface area (Å²) >= 11 is 0. The van der Waals surface area contributed by atoms with Crippen molar-refractivity contribution in [3.8, 4) is 11.3 Å². The lowest BCUT2D eigenvalue weighted by Gasteiger charge is -2.34. The molecule has 4 heterocycles. The highest BCUT2D eigenvalue weighted by molar-refractivity contribution is 5.56. The van der Waals surface area contributed by atoms with Gasteiger partial charge in [-0.05, 0) is 24.3 Å². The van der Waals surface area contributed by atoms with Crippen LogP contribution in [-0.4, -0.2) is 67.3 Å². The fraction of sp³-hybridized carbons (Fsp3) is 0.350. The molecule has 3 aromatic rings. The van der Waals surface area contributed by atoms with Crippen molar-refractivity contribution in [1.29, 1.82) is 0 Å². The van der Waals surface area contributed by atoms with E-state index in [0.29, 0.717) is 6.54 Å². The fourth-order valence-electron chi connectivity index (χ4n) is 3.33. The van der Waals surface area contributed by atoms with Crippen molar-refractivity contribution < 1.29 is 0 Å². The Kier molecular flexibility index (Phi) is 5.79. The number of rotatable bonds is 6. The Labute approximate surface area is 163 Å². The minimum absolute atomic E-state index is 0.0693. The zero-order chi connectivity index (χ0) is 19.2. The molecule has 8 nitrogen and oxygen atoms in total. The first kappa shape index (κ1) is 18.4. The molecule has 1 aliphatic heterocycles. The van der Waals surface area contributed by atoms with Crippen LogP contribution in [0.5, 0.6) is 0 Å².